The molecular formula is C29H25BrFNO5. The van der Waals surface area contributed by atoms with E-state index >= 15 is 0 Å². The highest BCUT2D eigenvalue weighted by atomic mass is 79.9. The van der Waals surface area contributed by atoms with Crippen molar-refractivity contribution in [3.63, 3.8) is 0 Å². The van der Waals surface area contributed by atoms with Crippen molar-refractivity contribution in [2.75, 3.05) is 18.6 Å². The van der Waals surface area contributed by atoms with Gasteiger partial charge in [0.1, 0.15) is 11.4 Å². The van der Waals surface area contributed by atoms with Gasteiger partial charge in [-0.2, -0.15) is 0 Å². The first-order chi connectivity index (χ1) is 17.8. The van der Waals surface area contributed by atoms with Crippen LogP contribution in [0.5, 0.6) is 11.5 Å². The zero-order valence-corrected chi connectivity index (χ0v) is 22.2. The van der Waals surface area contributed by atoms with Gasteiger partial charge in [0.2, 0.25) is 5.76 Å². The number of hydrogen-bond acceptors (Lipinski definition) is 5. The summed E-state index contributed by atoms with van der Waals surface area (Å²) in [4.78, 5) is 28.9. The third-order valence-corrected chi connectivity index (χ3v) is 6.89. The molecule has 0 radical (unpaired) electrons. The summed E-state index contributed by atoms with van der Waals surface area (Å²) in [6.07, 6.45) is 0.886. The van der Waals surface area contributed by atoms with Gasteiger partial charge in [-0.1, -0.05) is 35.8 Å². The van der Waals surface area contributed by atoms with E-state index in [0.29, 0.717) is 50.7 Å². The summed E-state index contributed by atoms with van der Waals surface area (Å²) in [7, 11) is 1.54. The van der Waals surface area contributed by atoms with Gasteiger partial charge in [0.25, 0.3) is 5.91 Å². The maximum Gasteiger partial charge on any atom is 0.295 e. The number of nitrogens with zero attached hydrogens (tertiary/aromatic N) is 1. The highest BCUT2D eigenvalue weighted by molar-refractivity contribution is 9.10. The minimum atomic E-state index is -0.814. The zero-order valence-electron chi connectivity index (χ0n) is 20.6. The van der Waals surface area contributed by atoms with E-state index in [2.05, 4.69) is 29.8 Å². The Morgan fingerprint density at radius 2 is 1.78 bits per heavy atom. The molecule has 1 aromatic heterocycles. The molecule has 1 aliphatic heterocycles. The van der Waals surface area contributed by atoms with Crippen molar-refractivity contribution in [2.24, 2.45) is 5.92 Å². The molecule has 1 aliphatic rings. The smallest absolute Gasteiger partial charge is 0.295 e. The largest absolute Gasteiger partial charge is 0.493 e. The molecule has 0 N–H and O–H groups in total. The fourth-order valence-corrected chi connectivity index (χ4v) is 4.87. The van der Waals surface area contributed by atoms with Gasteiger partial charge >= 0.3 is 0 Å². The molecule has 0 fully saturated rings. The Kier molecular flexibility index (Phi) is 6.77. The highest BCUT2D eigenvalue weighted by Crippen LogP contribution is 2.43. The van der Waals surface area contributed by atoms with Gasteiger partial charge in [-0.15, -0.1) is 0 Å². The van der Waals surface area contributed by atoms with Gasteiger partial charge < -0.3 is 13.9 Å². The molecule has 4 aromatic rings. The molecule has 8 heteroatoms. The van der Waals surface area contributed by atoms with Crippen molar-refractivity contribution in [1.82, 2.24) is 0 Å². The second kappa shape index (κ2) is 10.0. The Hall–Kier alpha value is -3.65. The SMILES string of the molecule is COc1cc(C2c3c(oc4ccc(Br)cc4c3=O)C(=O)N2c2ccc(F)cc2)ccc1OCCC(C)C. The quantitative estimate of drug-likeness (QED) is 0.244. The summed E-state index contributed by atoms with van der Waals surface area (Å²) in [5, 5.41) is 0.354. The van der Waals surface area contributed by atoms with Crippen LogP contribution < -0.4 is 19.8 Å². The van der Waals surface area contributed by atoms with Crippen LogP contribution in [-0.4, -0.2) is 19.6 Å². The Morgan fingerprint density at radius 1 is 1.03 bits per heavy atom. The third-order valence-electron chi connectivity index (χ3n) is 6.39. The van der Waals surface area contributed by atoms with Crippen molar-refractivity contribution >= 4 is 38.5 Å². The molecule has 6 nitrogen and oxygen atoms in total. The fourth-order valence-electron chi connectivity index (χ4n) is 4.51. The summed E-state index contributed by atoms with van der Waals surface area (Å²) in [6, 6.07) is 15.2. The van der Waals surface area contributed by atoms with Crippen molar-refractivity contribution in [2.45, 2.75) is 26.3 Å². The number of carbonyl (C=O) groups excluding carboxylic acids is 1. The van der Waals surface area contributed by atoms with Crippen LogP contribution in [0.2, 0.25) is 0 Å². The lowest BCUT2D eigenvalue weighted by Gasteiger charge is -2.26. The summed E-state index contributed by atoms with van der Waals surface area (Å²) < 4.78 is 32.0. The Labute approximate surface area is 221 Å². The van der Waals surface area contributed by atoms with Crippen LogP contribution in [0.4, 0.5) is 10.1 Å². The average molecular weight is 566 g/mol. The van der Waals surface area contributed by atoms with E-state index in [9.17, 15) is 14.0 Å². The number of methoxy groups -OCH3 is 1. The number of amides is 1. The van der Waals surface area contributed by atoms with E-state index < -0.39 is 17.8 Å². The van der Waals surface area contributed by atoms with Crippen molar-refractivity contribution in [3.05, 3.63) is 98.1 Å². The minimum absolute atomic E-state index is 0.0367. The lowest BCUT2D eigenvalue weighted by molar-refractivity contribution is 0.0971. The molecular weight excluding hydrogens is 541 g/mol. The van der Waals surface area contributed by atoms with Crippen molar-refractivity contribution in [3.8, 4) is 11.5 Å². The normalized spacial score (nSPS) is 14.9. The van der Waals surface area contributed by atoms with Crippen LogP contribution in [0.3, 0.4) is 0 Å². The summed E-state index contributed by atoms with van der Waals surface area (Å²) >= 11 is 3.41. The Bertz CT molecular complexity index is 1550. The van der Waals surface area contributed by atoms with Crippen molar-refractivity contribution < 1.29 is 23.1 Å². The van der Waals surface area contributed by atoms with Gasteiger partial charge in [0.05, 0.1) is 30.7 Å². The molecule has 0 saturated heterocycles. The summed E-state index contributed by atoms with van der Waals surface area (Å²) in [6.45, 7) is 4.77. The average Bonchev–Trinajstić information content (AvgIpc) is 3.17. The molecule has 2 heterocycles. The molecule has 0 saturated carbocycles. The van der Waals surface area contributed by atoms with E-state index in [4.69, 9.17) is 13.9 Å². The molecule has 3 aromatic carbocycles. The molecule has 37 heavy (non-hydrogen) atoms. The first-order valence-corrected chi connectivity index (χ1v) is 12.7. The topological polar surface area (TPSA) is 69.0 Å². The molecule has 190 valence electrons. The van der Waals surface area contributed by atoms with E-state index in [1.807, 2.05) is 0 Å². The molecule has 0 aliphatic carbocycles. The lowest BCUT2D eigenvalue weighted by Crippen LogP contribution is -2.29. The predicted molar refractivity (Wildman–Crippen MR) is 143 cm³/mol. The van der Waals surface area contributed by atoms with E-state index in [-0.39, 0.29) is 16.8 Å². The summed E-state index contributed by atoms with van der Waals surface area (Å²) in [5.41, 5.74) is 1.29. The van der Waals surface area contributed by atoms with Crippen LogP contribution >= 0.6 is 15.9 Å². The fraction of sp³-hybridized carbons (Fsp3) is 0.241. The standard InChI is InChI=1S/C29H25BrFNO5/c1-16(2)12-13-36-23-10-4-17(14-24(23)35-3)26-25-27(33)21-15-18(30)5-11-22(21)37-28(25)29(34)32(26)20-8-6-19(31)7-9-20/h4-11,14-16,26H,12-13H2,1-3H3. The van der Waals surface area contributed by atoms with Gasteiger partial charge in [-0.3, -0.25) is 14.5 Å². The number of ether oxygens (including phenoxy) is 2. The lowest BCUT2D eigenvalue weighted by atomic mass is 9.97. The zero-order chi connectivity index (χ0) is 26.3. The van der Waals surface area contributed by atoms with Crippen LogP contribution in [0.25, 0.3) is 11.0 Å². The number of halogens is 2. The number of rotatable bonds is 7. The molecule has 1 amide bonds. The van der Waals surface area contributed by atoms with E-state index in [0.717, 1.165) is 6.42 Å². The van der Waals surface area contributed by atoms with Gasteiger partial charge in [0, 0.05) is 10.2 Å². The number of anilines is 1. The monoisotopic (exact) mass is 565 g/mol. The Morgan fingerprint density at radius 3 is 2.49 bits per heavy atom. The molecule has 1 unspecified atom stereocenters. The maximum absolute atomic E-state index is 13.8. The van der Waals surface area contributed by atoms with Crippen LogP contribution in [0.1, 0.15) is 48.0 Å². The summed E-state index contributed by atoms with van der Waals surface area (Å²) in [5.74, 6) is 0.590. The van der Waals surface area contributed by atoms with Crippen LogP contribution in [-0.2, 0) is 0 Å². The maximum atomic E-state index is 13.8. The first-order valence-electron chi connectivity index (χ1n) is 11.9. The van der Waals surface area contributed by atoms with E-state index in [1.165, 1.54) is 29.2 Å². The molecule has 0 spiro atoms. The predicted octanol–water partition coefficient (Wildman–Crippen LogP) is 6.88. The number of fused-ring (bicyclic) bond motifs is 2. The molecule has 5 rings (SSSR count). The number of hydrogen-bond donors (Lipinski definition) is 0. The highest BCUT2D eigenvalue weighted by Gasteiger charge is 2.44. The van der Waals surface area contributed by atoms with Crippen LogP contribution in [0, 0.1) is 11.7 Å². The van der Waals surface area contributed by atoms with Gasteiger partial charge in [-0.05, 0) is 72.5 Å². The van der Waals surface area contributed by atoms with Gasteiger partial charge in [-0.25, -0.2) is 4.39 Å². The second-order valence-corrected chi connectivity index (χ2v) is 10.2. The third kappa shape index (κ3) is 4.62. The number of carbonyl (C=O) groups is 1. The first kappa shape index (κ1) is 25.0. The van der Waals surface area contributed by atoms with Gasteiger partial charge in [0.15, 0.2) is 16.9 Å². The Balaban J connectivity index is 1.68. The number of benzene rings is 3. The van der Waals surface area contributed by atoms with Crippen LogP contribution in [0.15, 0.2) is 74.3 Å². The van der Waals surface area contributed by atoms with Crippen molar-refractivity contribution in [1.29, 1.82) is 0 Å². The van der Waals surface area contributed by atoms with E-state index in [1.54, 1.807) is 43.5 Å². The molecule has 0 bridgehead atoms. The second-order valence-electron chi connectivity index (χ2n) is 9.31. The minimum Gasteiger partial charge on any atom is -0.493 e. The molecule has 1 atom stereocenters.